The lowest BCUT2D eigenvalue weighted by atomic mass is 9.72. The molecule has 1 aromatic rings. The number of nitrogens with one attached hydrogen (secondary N) is 1. The summed E-state index contributed by atoms with van der Waals surface area (Å²) >= 11 is 5.97. The summed E-state index contributed by atoms with van der Waals surface area (Å²) in [7, 11) is 0. The molecule has 106 valence electrons. The maximum atomic E-state index is 5.87. The Morgan fingerprint density at radius 2 is 2.05 bits per heavy atom. The second-order valence-electron chi connectivity index (χ2n) is 5.84. The third kappa shape index (κ3) is 3.71. The van der Waals surface area contributed by atoms with E-state index in [1.165, 1.54) is 28.4 Å². The van der Waals surface area contributed by atoms with Crippen molar-refractivity contribution < 1.29 is 0 Å². The van der Waals surface area contributed by atoms with Crippen LogP contribution in [-0.2, 0) is 0 Å². The van der Waals surface area contributed by atoms with Gasteiger partial charge in [0.2, 0.25) is 0 Å². The Morgan fingerprint density at radius 3 is 2.68 bits per heavy atom. The first-order valence-corrected chi connectivity index (χ1v) is 8.81. The fraction of sp³-hybridized carbons (Fsp3) is 0.600. The summed E-state index contributed by atoms with van der Waals surface area (Å²) in [5, 5.41) is 0. The van der Waals surface area contributed by atoms with Gasteiger partial charge < -0.3 is 0 Å². The molecule has 2 rings (SSSR count). The molecule has 0 aromatic heterocycles. The zero-order valence-corrected chi connectivity index (χ0v) is 15.2. The summed E-state index contributed by atoms with van der Waals surface area (Å²) in [6.45, 7) is 4.74. The van der Waals surface area contributed by atoms with Gasteiger partial charge in [0, 0.05) is 14.1 Å². The lowest BCUT2D eigenvalue weighted by molar-refractivity contribution is 0.171. The quantitative estimate of drug-likeness (QED) is 0.411. The van der Waals surface area contributed by atoms with Crippen molar-refractivity contribution in [2.45, 2.75) is 39.2 Å². The normalized spacial score (nSPS) is 29.2. The molecule has 0 aliphatic heterocycles. The van der Waals surface area contributed by atoms with Crippen molar-refractivity contribution in [1.29, 1.82) is 0 Å². The minimum atomic E-state index is 0.263. The maximum Gasteiger partial charge on any atom is 0.0499 e. The van der Waals surface area contributed by atoms with E-state index in [2.05, 4.69) is 76.0 Å². The summed E-state index contributed by atoms with van der Waals surface area (Å²) in [6.07, 6.45) is 3.84. The van der Waals surface area contributed by atoms with Gasteiger partial charge in [-0.05, 0) is 76.9 Å². The fourth-order valence-electron chi connectivity index (χ4n) is 3.12. The molecule has 19 heavy (non-hydrogen) atoms. The predicted octanol–water partition coefficient (Wildman–Crippen LogP) is 4.63. The summed E-state index contributed by atoms with van der Waals surface area (Å²) in [5.41, 5.74) is 4.39. The molecule has 1 aliphatic carbocycles. The van der Waals surface area contributed by atoms with Crippen molar-refractivity contribution >= 4 is 38.5 Å². The van der Waals surface area contributed by atoms with Crippen molar-refractivity contribution in [3.63, 3.8) is 0 Å². The molecule has 0 bridgehead atoms. The highest BCUT2D eigenvalue weighted by Gasteiger charge is 2.31. The van der Waals surface area contributed by atoms with E-state index in [4.69, 9.17) is 5.84 Å². The maximum absolute atomic E-state index is 5.87. The monoisotopic (exact) mass is 436 g/mol. The van der Waals surface area contributed by atoms with Crippen LogP contribution in [0.25, 0.3) is 0 Å². The first-order valence-electron chi connectivity index (χ1n) is 6.94. The van der Waals surface area contributed by atoms with Crippen molar-refractivity contribution in [2.24, 2.45) is 23.6 Å². The number of hydrazine groups is 1. The van der Waals surface area contributed by atoms with Gasteiger partial charge in [0.05, 0.1) is 0 Å². The first kappa shape index (κ1) is 15.7. The van der Waals surface area contributed by atoms with Crippen LogP contribution in [0.1, 0.15) is 44.7 Å². The first-order chi connectivity index (χ1) is 9.02. The number of nitrogens with two attached hydrogens (primary N) is 1. The second kappa shape index (κ2) is 6.87. The molecule has 0 amide bonds. The molecule has 1 aromatic carbocycles. The van der Waals surface area contributed by atoms with Crippen LogP contribution in [0.3, 0.4) is 0 Å². The highest BCUT2D eigenvalue weighted by molar-refractivity contribution is 14.1. The minimum absolute atomic E-state index is 0.263. The van der Waals surface area contributed by atoms with E-state index in [0.29, 0.717) is 5.92 Å². The Balaban J connectivity index is 2.22. The lowest BCUT2D eigenvalue weighted by Crippen LogP contribution is -2.37. The molecule has 0 saturated heterocycles. The van der Waals surface area contributed by atoms with Gasteiger partial charge in [-0.3, -0.25) is 11.3 Å². The van der Waals surface area contributed by atoms with Gasteiger partial charge in [-0.1, -0.05) is 36.2 Å². The smallest absolute Gasteiger partial charge is 0.0499 e. The van der Waals surface area contributed by atoms with E-state index < -0.39 is 0 Å². The molecule has 0 spiro atoms. The second-order valence-corrected chi connectivity index (χ2v) is 7.92. The van der Waals surface area contributed by atoms with Crippen LogP contribution >= 0.6 is 38.5 Å². The van der Waals surface area contributed by atoms with Gasteiger partial charge in [0.1, 0.15) is 0 Å². The van der Waals surface area contributed by atoms with Gasteiger partial charge in [-0.15, -0.1) is 0 Å². The Labute approximate surface area is 138 Å². The van der Waals surface area contributed by atoms with Gasteiger partial charge in [0.15, 0.2) is 0 Å². The minimum Gasteiger partial charge on any atom is -0.271 e. The Hall–Kier alpha value is 0.350. The van der Waals surface area contributed by atoms with E-state index >= 15 is 0 Å². The van der Waals surface area contributed by atoms with Crippen LogP contribution in [0, 0.1) is 21.3 Å². The van der Waals surface area contributed by atoms with Crippen molar-refractivity contribution in [3.8, 4) is 0 Å². The summed E-state index contributed by atoms with van der Waals surface area (Å²) < 4.78 is 2.41. The molecule has 1 fully saturated rings. The zero-order valence-electron chi connectivity index (χ0n) is 11.5. The van der Waals surface area contributed by atoms with E-state index in [0.717, 1.165) is 16.3 Å². The van der Waals surface area contributed by atoms with Crippen molar-refractivity contribution in [2.75, 3.05) is 0 Å². The SMILES string of the molecule is CC1CCC(C(NN)c2cc(Br)ccc2I)CC1C. The lowest BCUT2D eigenvalue weighted by Gasteiger charge is -2.37. The van der Waals surface area contributed by atoms with E-state index in [1.807, 2.05) is 0 Å². The van der Waals surface area contributed by atoms with Gasteiger partial charge in [-0.25, -0.2) is 0 Å². The topological polar surface area (TPSA) is 38.0 Å². The summed E-state index contributed by atoms with van der Waals surface area (Å²) in [6, 6.07) is 6.71. The fourth-order valence-corrected chi connectivity index (χ4v) is 4.17. The zero-order chi connectivity index (χ0) is 14.0. The highest BCUT2D eigenvalue weighted by Crippen LogP contribution is 2.40. The average molecular weight is 437 g/mol. The molecule has 3 N–H and O–H groups in total. The number of halogens is 2. The number of benzene rings is 1. The number of hydrogen-bond donors (Lipinski definition) is 2. The molecule has 1 aliphatic rings. The van der Waals surface area contributed by atoms with Crippen LogP contribution in [0.2, 0.25) is 0 Å². The summed E-state index contributed by atoms with van der Waals surface area (Å²) in [4.78, 5) is 0. The van der Waals surface area contributed by atoms with Crippen LogP contribution < -0.4 is 11.3 Å². The number of hydrogen-bond acceptors (Lipinski definition) is 2. The highest BCUT2D eigenvalue weighted by atomic mass is 127. The Morgan fingerprint density at radius 1 is 1.32 bits per heavy atom. The molecule has 2 nitrogen and oxygen atoms in total. The molecule has 0 radical (unpaired) electrons. The molecule has 4 unspecified atom stereocenters. The van der Waals surface area contributed by atoms with Crippen molar-refractivity contribution in [1.82, 2.24) is 5.43 Å². The molecular formula is C15H22BrIN2. The van der Waals surface area contributed by atoms with Crippen LogP contribution in [0.5, 0.6) is 0 Å². The van der Waals surface area contributed by atoms with Crippen LogP contribution in [-0.4, -0.2) is 0 Å². The average Bonchev–Trinajstić information content (AvgIpc) is 2.38. The standard InChI is InChI=1S/C15H22BrIN2/c1-9-3-4-11(7-10(9)2)15(19-18)13-8-12(16)5-6-14(13)17/h5-6,8-11,15,19H,3-4,7,18H2,1-2H3. The molecule has 4 atom stereocenters. The molecular weight excluding hydrogens is 415 g/mol. The molecule has 1 saturated carbocycles. The van der Waals surface area contributed by atoms with Gasteiger partial charge in [-0.2, -0.15) is 0 Å². The van der Waals surface area contributed by atoms with E-state index in [-0.39, 0.29) is 6.04 Å². The van der Waals surface area contributed by atoms with Gasteiger partial charge in [0.25, 0.3) is 0 Å². The third-order valence-corrected chi connectivity index (χ3v) is 6.06. The summed E-state index contributed by atoms with van der Waals surface area (Å²) in [5.74, 6) is 8.14. The van der Waals surface area contributed by atoms with Crippen LogP contribution in [0.15, 0.2) is 22.7 Å². The molecule has 0 heterocycles. The Bertz CT molecular complexity index is 438. The van der Waals surface area contributed by atoms with E-state index in [1.54, 1.807) is 0 Å². The third-order valence-electron chi connectivity index (χ3n) is 4.58. The number of rotatable bonds is 3. The van der Waals surface area contributed by atoms with Crippen molar-refractivity contribution in [3.05, 3.63) is 31.8 Å². The Kier molecular flexibility index (Phi) is 5.69. The van der Waals surface area contributed by atoms with E-state index in [9.17, 15) is 0 Å². The van der Waals surface area contributed by atoms with Crippen LogP contribution in [0.4, 0.5) is 0 Å². The molecule has 4 heteroatoms. The van der Waals surface area contributed by atoms with Gasteiger partial charge >= 0.3 is 0 Å². The largest absolute Gasteiger partial charge is 0.271 e. The predicted molar refractivity (Wildman–Crippen MR) is 92.6 cm³/mol.